The third kappa shape index (κ3) is 2.55. The molecule has 3 aromatic rings. The number of hydrogen-bond donors (Lipinski definition) is 1. The maximum Gasteiger partial charge on any atom is 0.262 e. The highest BCUT2D eigenvalue weighted by molar-refractivity contribution is 9.10. The van der Waals surface area contributed by atoms with Gasteiger partial charge in [-0.3, -0.25) is 0 Å². The fourth-order valence-electron chi connectivity index (χ4n) is 1.73. The minimum absolute atomic E-state index is 0.0829. The van der Waals surface area contributed by atoms with Gasteiger partial charge in [-0.1, -0.05) is 32.7 Å². The Morgan fingerprint density at radius 1 is 1.10 bits per heavy atom. The molecule has 0 unspecified atom stereocenters. The van der Waals surface area contributed by atoms with Crippen molar-refractivity contribution in [1.29, 1.82) is 0 Å². The molecule has 0 spiro atoms. The number of halogens is 2. The van der Waals surface area contributed by atoms with Crippen LogP contribution in [0.3, 0.4) is 0 Å². The third-order valence-corrected chi connectivity index (χ3v) is 3.46. The molecule has 0 fully saturated rings. The van der Waals surface area contributed by atoms with Crippen molar-refractivity contribution >= 4 is 27.5 Å². The van der Waals surface area contributed by atoms with Gasteiger partial charge < -0.3 is 9.63 Å². The molecule has 0 bridgehead atoms. The Morgan fingerprint density at radius 3 is 2.60 bits per heavy atom. The topological polar surface area (TPSA) is 59.2 Å². The standard InChI is InChI=1S/C14H8BrClN2O2/c15-9-3-6-12(19)11(7-9)14-17-13(18-20-14)8-1-4-10(16)5-2-8/h1-7,19H. The number of benzene rings is 2. The molecule has 0 aliphatic carbocycles. The van der Waals surface area contributed by atoms with Crippen LogP contribution in [0.25, 0.3) is 22.8 Å². The zero-order valence-corrected chi connectivity index (χ0v) is 12.4. The minimum Gasteiger partial charge on any atom is -0.507 e. The maximum atomic E-state index is 9.84. The van der Waals surface area contributed by atoms with Crippen molar-refractivity contribution in [3.8, 4) is 28.6 Å². The van der Waals surface area contributed by atoms with Gasteiger partial charge in [-0.25, -0.2) is 0 Å². The Kier molecular flexibility index (Phi) is 3.46. The molecule has 0 saturated carbocycles. The maximum absolute atomic E-state index is 9.84. The molecule has 4 nitrogen and oxygen atoms in total. The second-order valence-corrected chi connectivity index (χ2v) is 5.44. The summed E-state index contributed by atoms with van der Waals surface area (Å²) in [7, 11) is 0. The molecule has 1 N–H and O–H groups in total. The Labute approximate surface area is 128 Å². The quantitative estimate of drug-likeness (QED) is 0.737. The van der Waals surface area contributed by atoms with Gasteiger partial charge in [0, 0.05) is 15.1 Å². The monoisotopic (exact) mass is 350 g/mol. The smallest absolute Gasteiger partial charge is 0.262 e. The van der Waals surface area contributed by atoms with E-state index in [0.717, 1.165) is 10.0 Å². The van der Waals surface area contributed by atoms with Gasteiger partial charge in [0.05, 0.1) is 5.56 Å². The van der Waals surface area contributed by atoms with Crippen LogP contribution in [0.2, 0.25) is 5.02 Å². The number of phenols is 1. The van der Waals surface area contributed by atoms with Crippen LogP contribution in [0.5, 0.6) is 5.75 Å². The lowest BCUT2D eigenvalue weighted by atomic mass is 10.2. The summed E-state index contributed by atoms with van der Waals surface area (Å²) in [4.78, 5) is 4.28. The summed E-state index contributed by atoms with van der Waals surface area (Å²) in [6.07, 6.45) is 0. The highest BCUT2D eigenvalue weighted by atomic mass is 79.9. The van der Waals surface area contributed by atoms with Gasteiger partial charge in [0.25, 0.3) is 5.89 Å². The van der Waals surface area contributed by atoms with Gasteiger partial charge in [-0.05, 0) is 42.5 Å². The van der Waals surface area contributed by atoms with E-state index in [-0.39, 0.29) is 11.6 Å². The fraction of sp³-hybridized carbons (Fsp3) is 0. The molecule has 0 radical (unpaired) electrons. The van der Waals surface area contributed by atoms with Gasteiger partial charge in [0.15, 0.2) is 0 Å². The molecule has 0 aliphatic heterocycles. The van der Waals surface area contributed by atoms with E-state index >= 15 is 0 Å². The molecular weight excluding hydrogens is 344 g/mol. The van der Waals surface area contributed by atoms with Gasteiger partial charge in [-0.15, -0.1) is 0 Å². The van der Waals surface area contributed by atoms with Crippen molar-refractivity contribution in [1.82, 2.24) is 10.1 Å². The number of rotatable bonds is 2. The van der Waals surface area contributed by atoms with Crippen molar-refractivity contribution in [2.24, 2.45) is 0 Å². The van der Waals surface area contributed by atoms with E-state index in [4.69, 9.17) is 16.1 Å². The van der Waals surface area contributed by atoms with Crippen LogP contribution in [-0.4, -0.2) is 15.2 Å². The van der Waals surface area contributed by atoms with Crippen molar-refractivity contribution in [2.75, 3.05) is 0 Å². The van der Waals surface area contributed by atoms with Crippen LogP contribution in [0.1, 0.15) is 0 Å². The zero-order valence-electron chi connectivity index (χ0n) is 10.0. The first-order valence-corrected chi connectivity index (χ1v) is 6.89. The summed E-state index contributed by atoms with van der Waals surface area (Å²) in [6, 6.07) is 12.1. The molecule has 0 saturated heterocycles. The van der Waals surface area contributed by atoms with Crippen LogP contribution < -0.4 is 0 Å². The molecule has 0 aliphatic rings. The Balaban J connectivity index is 2.01. The summed E-state index contributed by atoms with van der Waals surface area (Å²) in [5.41, 5.74) is 1.27. The van der Waals surface area contributed by atoms with E-state index in [1.807, 2.05) is 0 Å². The fourth-order valence-corrected chi connectivity index (χ4v) is 2.22. The zero-order chi connectivity index (χ0) is 14.1. The van der Waals surface area contributed by atoms with Crippen LogP contribution in [0.15, 0.2) is 51.5 Å². The normalized spacial score (nSPS) is 10.7. The average Bonchev–Trinajstić information content (AvgIpc) is 2.92. The number of phenolic OH excluding ortho intramolecular Hbond substituents is 1. The van der Waals surface area contributed by atoms with E-state index < -0.39 is 0 Å². The Hall–Kier alpha value is -1.85. The summed E-state index contributed by atoms with van der Waals surface area (Å²) in [5.74, 6) is 0.782. The summed E-state index contributed by atoms with van der Waals surface area (Å²) < 4.78 is 6.01. The molecule has 3 rings (SSSR count). The first-order chi connectivity index (χ1) is 9.63. The minimum atomic E-state index is 0.0829. The largest absolute Gasteiger partial charge is 0.507 e. The molecule has 1 heterocycles. The van der Waals surface area contributed by atoms with Gasteiger partial charge in [0.1, 0.15) is 5.75 Å². The Bertz CT molecular complexity index is 756. The summed E-state index contributed by atoms with van der Waals surface area (Å²) >= 11 is 9.17. The second kappa shape index (κ2) is 5.26. The predicted molar refractivity (Wildman–Crippen MR) is 79.5 cm³/mol. The summed E-state index contributed by atoms with van der Waals surface area (Å²) in [6.45, 7) is 0. The van der Waals surface area contributed by atoms with Crippen molar-refractivity contribution < 1.29 is 9.63 Å². The molecule has 20 heavy (non-hydrogen) atoms. The molecule has 2 aromatic carbocycles. The van der Waals surface area contributed by atoms with Gasteiger partial charge in [0.2, 0.25) is 5.82 Å². The highest BCUT2D eigenvalue weighted by Crippen LogP contribution is 2.32. The number of nitrogens with zero attached hydrogens (tertiary/aromatic N) is 2. The molecule has 1 aromatic heterocycles. The van der Waals surface area contributed by atoms with Crippen LogP contribution in [0, 0.1) is 0 Å². The molecule has 6 heteroatoms. The molecular formula is C14H8BrClN2O2. The van der Waals surface area contributed by atoms with Crippen LogP contribution >= 0.6 is 27.5 Å². The van der Waals surface area contributed by atoms with Gasteiger partial charge in [-0.2, -0.15) is 4.98 Å². The lowest BCUT2D eigenvalue weighted by Gasteiger charge is -1.99. The third-order valence-electron chi connectivity index (χ3n) is 2.72. The number of aromatic nitrogens is 2. The predicted octanol–water partition coefficient (Wildman–Crippen LogP) is 4.53. The van der Waals surface area contributed by atoms with E-state index in [0.29, 0.717) is 16.4 Å². The first-order valence-electron chi connectivity index (χ1n) is 5.72. The second-order valence-electron chi connectivity index (χ2n) is 4.09. The Morgan fingerprint density at radius 2 is 1.85 bits per heavy atom. The average molecular weight is 352 g/mol. The molecule has 100 valence electrons. The highest BCUT2D eigenvalue weighted by Gasteiger charge is 2.14. The van der Waals surface area contributed by atoms with E-state index in [2.05, 4.69) is 26.1 Å². The first kappa shape index (κ1) is 13.1. The van der Waals surface area contributed by atoms with E-state index in [9.17, 15) is 5.11 Å². The lowest BCUT2D eigenvalue weighted by Crippen LogP contribution is -1.82. The number of hydrogen-bond acceptors (Lipinski definition) is 4. The van der Waals surface area contributed by atoms with Gasteiger partial charge >= 0.3 is 0 Å². The van der Waals surface area contributed by atoms with E-state index in [1.165, 1.54) is 0 Å². The SMILES string of the molecule is Oc1ccc(Br)cc1-c1nc(-c2ccc(Cl)cc2)no1. The van der Waals surface area contributed by atoms with Crippen molar-refractivity contribution in [2.45, 2.75) is 0 Å². The number of aromatic hydroxyl groups is 1. The summed E-state index contributed by atoms with van der Waals surface area (Å²) in [5, 5.41) is 14.4. The van der Waals surface area contributed by atoms with Crippen LogP contribution in [-0.2, 0) is 0 Å². The van der Waals surface area contributed by atoms with Crippen molar-refractivity contribution in [3.05, 3.63) is 52.0 Å². The lowest BCUT2D eigenvalue weighted by molar-refractivity contribution is 0.425. The molecule has 0 amide bonds. The van der Waals surface area contributed by atoms with Crippen molar-refractivity contribution in [3.63, 3.8) is 0 Å². The van der Waals surface area contributed by atoms with Crippen LogP contribution in [0.4, 0.5) is 0 Å². The van der Waals surface area contributed by atoms with E-state index in [1.54, 1.807) is 42.5 Å². The molecule has 0 atom stereocenters.